The lowest BCUT2D eigenvalue weighted by Crippen LogP contribution is -2.50. The first kappa shape index (κ1) is 23.4. The Bertz CT molecular complexity index is 616. The Morgan fingerprint density at radius 2 is 1.42 bits per heavy atom. The number of hydrogen-bond donors (Lipinski definition) is 2. The van der Waals surface area contributed by atoms with Crippen LogP contribution in [0.15, 0.2) is 0 Å². The number of sulfonamides is 1. The molecule has 0 atom stereocenters. The molecule has 0 amide bonds. The fourth-order valence-electron chi connectivity index (χ4n) is 1.74. The second-order valence-corrected chi connectivity index (χ2v) is 9.17. The van der Waals surface area contributed by atoms with Crippen molar-refractivity contribution in [3.63, 3.8) is 0 Å². The van der Waals surface area contributed by atoms with E-state index in [1.807, 2.05) is 0 Å². The van der Waals surface area contributed by atoms with Gasteiger partial charge in [0.2, 0.25) is 0 Å². The number of rotatable bonds is 10. The summed E-state index contributed by atoms with van der Waals surface area (Å²) in [6.07, 6.45) is -6.17. The van der Waals surface area contributed by atoms with Crippen LogP contribution in [0.25, 0.3) is 0 Å². The highest BCUT2D eigenvalue weighted by Crippen LogP contribution is 2.39. The molecule has 0 aliphatic heterocycles. The molecular weight excluding hydrogens is 387 g/mol. The topological polar surface area (TPSA) is 101 Å². The molecule has 146 valence electrons. The molecule has 24 heavy (non-hydrogen) atoms. The van der Waals surface area contributed by atoms with Gasteiger partial charge in [-0.2, -0.15) is 30.4 Å². The van der Waals surface area contributed by atoms with Crippen molar-refractivity contribution in [3.8, 4) is 0 Å². The van der Waals surface area contributed by atoms with E-state index in [1.54, 1.807) is 14.1 Å². The summed E-state index contributed by atoms with van der Waals surface area (Å²) < 4.78 is 115. The highest BCUT2D eigenvalue weighted by atomic mass is 32.2. The van der Waals surface area contributed by atoms with Crippen molar-refractivity contribution >= 4 is 20.1 Å². The zero-order valence-corrected chi connectivity index (χ0v) is 14.6. The van der Waals surface area contributed by atoms with Crippen molar-refractivity contribution < 1.29 is 47.8 Å². The molecule has 0 heterocycles. The number of alkyl halides is 5. The summed E-state index contributed by atoms with van der Waals surface area (Å²) in [4.78, 5) is 0. The van der Waals surface area contributed by atoms with E-state index in [1.165, 1.54) is 4.72 Å². The average molecular weight is 407 g/mol. The molecule has 0 aliphatic rings. The summed E-state index contributed by atoms with van der Waals surface area (Å²) in [5.74, 6) is -0.473. The van der Waals surface area contributed by atoms with E-state index in [4.69, 9.17) is 4.55 Å². The summed E-state index contributed by atoms with van der Waals surface area (Å²) in [5, 5.41) is -5.89. The monoisotopic (exact) mass is 407 g/mol. The molecule has 0 fully saturated rings. The van der Waals surface area contributed by atoms with Crippen LogP contribution in [0.5, 0.6) is 0 Å². The van der Waals surface area contributed by atoms with Gasteiger partial charge in [0.25, 0.3) is 20.1 Å². The summed E-state index contributed by atoms with van der Waals surface area (Å²) >= 11 is 0. The molecule has 0 radical (unpaired) electrons. The Morgan fingerprint density at radius 1 is 0.958 bits per heavy atom. The lowest BCUT2D eigenvalue weighted by molar-refractivity contribution is -0.890. The van der Waals surface area contributed by atoms with Crippen LogP contribution in [0.4, 0.5) is 22.0 Å². The Kier molecular flexibility index (Phi) is 7.58. The molecule has 2 N–H and O–H groups in total. The van der Waals surface area contributed by atoms with Gasteiger partial charge in [0.15, 0.2) is 0 Å². The SMILES string of the molecule is C[N+](C)(CCCNS(=O)(=O)C(F)(F)C(F)(F)F)CCCS(=O)(=O)O. The van der Waals surface area contributed by atoms with Crippen LogP contribution in [-0.2, 0) is 20.1 Å². The Morgan fingerprint density at radius 3 is 1.83 bits per heavy atom. The first-order chi connectivity index (χ1) is 10.4. The van der Waals surface area contributed by atoms with Crippen LogP contribution in [0.1, 0.15) is 12.8 Å². The van der Waals surface area contributed by atoms with E-state index < -0.39 is 43.9 Å². The molecule has 0 unspecified atom stereocenters. The van der Waals surface area contributed by atoms with Crippen molar-refractivity contribution in [1.82, 2.24) is 4.72 Å². The number of nitrogens with zero attached hydrogens (tertiary/aromatic N) is 1. The zero-order chi connectivity index (χ0) is 19.4. The van der Waals surface area contributed by atoms with E-state index >= 15 is 0 Å². The molecule has 14 heteroatoms. The maximum Gasteiger partial charge on any atom is 0.470 e. The fourth-order valence-corrected chi connectivity index (χ4v) is 3.14. The standard InChI is InChI=1S/C10H19F5N2O5S2/c1-17(2,7-4-8-23(18,19)20)6-3-5-16-24(21,22)10(14,15)9(11,12)13/h16H,3-8H2,1-2H3/p+1. The van der Waals surface area contributed by atoms with Crippen molar-refractivity contribution in [3.05, 3.63) is 0 Å². The van der Waals surface area contributed by atoms with Gasteiger partial charge in [-0.1, -0.05) is 0 Å². The average Bonchev–Trinajstić information content (AvgIpc) is 2.31. The molecule has 0 aliphatic carbocycles. The van der Waals surface area contributed by atoms with Crippen molar-refractivity contribution in [2.45, 2.75) is 24.3 Å². The van der Waals surface area contributed by atoms with Crippen LogP contribution >= 0.6 is 0 Å². The van der Waals surface area contributed by atoms with Gasteiger partial charge in [-0.25, -0.2) is 13.1 Å². The Hall–Kier alpha value is -0.570. The first-order valence-corrected chi connectivity index (χ1v) is 9.71. The quantitative estimate of drug-likeness (QED) is 0.242. The van der Waals surface area contributed by atoms with Crippen LogP contribution in [0.2, 0.25) is 0 Å². The third-order valence-electron chi connectivity index (χ3n) is 3.07. The minimum absolute atomic E-state index is 0.0496. The van der Waals surface area contributed by atoms with Crippen LogP contribution in [0, 0.1) is 0 Å². The second-order valence-electron chi connectivity index (χ2n) is 5.79. The smallest absolute Gasteiger partial charge is 0.328 e. The van der Waals surface area contributed by atoms with Crippen LogP contribution < -0.4 is 4.72 Å². The van der Waals surface area contributed by atoms with Gasteiger partial charge in [0, 0.05) is 19.4 Å². The number of nitrogens with one attached hydrogen (secondary N) is 1. The minimum Gasteiger partial charge on any atom is -0.328 e. The Labute approximate surface area is 137 Å². The number of quaternary nitrogens is 1. The number of halogens is 5. The minimum atomic E-state index is -6.22. The van der Waals surface area contributed by atoms with Gasteiger partial charge in [-0.3, -0.25) is 4.55 Å². The highest BCUT2D eigenvalue weighted by molar-refractivity contribution is 7.90. The summed E-state index contributed by atoms with van der Waals surface area (Å²) in [7, 11) is -6.76. The summed E-state index contributed by atoms with van der Waals surface area (Å²) in [6, 6.07) is 0. The van der Waals surface area contributed by atoms with Crippen LogP contribution in [-0.4, -0.2) is 76.8 Å². The summed E-state index contributed by atoms with van der Waals surface area (Å²) in [5.41, 5.74) is 0. The predicted molar refractivity (Wildman–Crippen MR) is 75.4 cm³/mol. The van der Waals surface area contributed by atoms with E-state index in [9.17, 15) is 38.8 Å². The zero-order valence-electron chi connectivity index (χ0n) is 13.0. The predicted octanol–water partition coefficient (Wildman–Crippen LogP) is 0.805. The maximum atomic E-state index is 12.8. The lowest BCUT2D eigenvalue weighted by atomic mass is 10.3. The maximum absolute atomic E-state index is 12.8. The van der Waals surface area contributed by atoms with E-state index in [2.05, 4.69) is 0 Å². The van der Waals surface area contributed by atoms with Gasteiger partial charge in [-0.15, -0.1) is 0 Å². The second kappa shape index (κ2) is 7.76. The molecule has 0 bridgehead atoms. The van der Waals surface area contributed by atoms with Gasteiger partial charge in [-0.05, 0) is 0 Å². The molecule has 0 aromatic rings. The number of hydrogen-bond acceptors (Lipinski definition) is 4. The summed E-state index contributed by atoms with van der Waals surface area (Å²) in [6.45, 7) is -0.176. The lowest BCUT2D eigenvalue weighted by Gasteiger charge is -2.29. The van der Waals surface area contributed by atoms with Gasteiger partial charge in [0.05, 0.1) is 32.9 Å². The van der Waals surface area contributed by atoms with Crippen molar-refractivity contribution in [2.75, 3.05) is 39.5 Å². The molecule has 0 saturated carbocycles. The molecule has 0 aromatic carbocycles. The Balaban J connectivity index is 4.43. The molecule has 7 nitrogen and oxygen atoms in total. The third-order valence-corrected chi connectivity index (χ3v) is 5.36. The van der Waals surface area contributed by atoms with E-state index in [0.717, 1.165) is 0 Å². The van der Waals surface area contributed by atoms with Crippen molar-refractivity contribution in [2.24, 2.45) is 0 Å². The molecule has 0 saturated heterocycles. The normalized spacial score (nSPS) is 14.8. The van der Waals surface area contributed by atoms with E-state index in [-0.39, 0.29) is 30.4 Å². The van der Waals surface area contributed by atoms with Crippen LogP contribution in [0.3, 0.4) is 0 Å². The highest BCUT2D eigenvalue weighted by Gasteiger charge is 2.67. The van der Waals surface area contributed by atoms with Gasteiger partial charge in [0.1, 0.15) is 0 Å². The van der Waals surface area contributed by atoms with Gasteiger partial charge < -0.3 is 4.48 Å². The largest absolute Gasteiger partial charge is 0.470 e. The molecule has 0 aromatic heterocycles. The first-order valence-electron chi connectivity index (χ1n) is 6.62. The molecule has 0 rings (SSSR count). The molecule has 0 spiro atoms. The molecular formula is C10H20F5N2O5S2+. The fraction of sp³-hybridized carbons (Fsp3) is 1.00. The third kappa shape index (κ3) is 7.55. The van der Waals surface area contributed by atoms with Crippen molar-refractivity contribution in [1.29, 1.82) is 0 Å². The van der Waals surface area contributed by atoms with E-state index in [0.29, 0.717) is 0 Å². The van der Waals surface area contributed by atoms with Gasteiger partial charge >= 0.3 is 11.4 Å².